The monoisotopic (exact) mass is 423 g/mol. The van der Waals surface area contributed by atoms with E-state index in [-0.39, 0.29) is 11.3 Å². The largest absolute Gasteiger partial charge is 0.357 e. The summed E-state index contributed by atoms with van der Waals surface area (Å²) in [6, 6.07) is 7.58. The van der Waals surface area contributed by atoms with E-state index < -0.39 is 10.0 Å². The van der Waals surface area contributed by atoms with Gasteiger partial charge in [0.1, 0.15) is 0 Å². The molecule has 1 heterocycles. The van der Waals surface area contributed by atoms with Crippen molar-refractivity contribution in [3.8, 4) is 0 Å². The summed E-state index contributed by atoms with van der Waals surface area (Å²) in [5.41, 5.74) is 1.82. The van der Waals surface area contributed by atoms with Crippen molar-refractivity contribution in [2.45, 2.75) is 57.9 Å². The van der Waals surface area contributed by atoms with Gasteiger partial charge in [-0.2, -0.15) is 0 Å². The lowest BCUT2D eigenvalue weighted by atomic mass is 9.98. The summed E-state index contributed by atoms with van der Waals surface area (Å²) < 4.78 is 25.9. The maximum absolute atomic E-state index is 11.8. The summed E-state index contributed by atoms with van der Waals surface area (Å²) in [5, 5.41) is 6.79. The second-order valence-electron chi connectivity index (χ2n) is 8.19. The van der Waals surface area contributed by atoms with Gasteiger partial charge in [0.25, 0.3) is 0 Å². The quantitative estimate of drug-likeness (QED) is 0.418. The van der Waals surface area contributed by atoms with Crippen molar-refractivity contribution in [1.29, 1.82) is 0 Å². The number of nitrogens with one attached hydrogen (secondary N) is 3. The summed E-state index contributed by atoms with van der Waals surface area (Å²) in [6.45, 7) is 11.0. The number of guanidine groups is 1. The second kappa shape index (κ2) is 10.9. The zero-order chi connectivity index (χ0) is 21.3. The van der Waals surface area contributed by atoms with Gasteiger partial charge in [-0.15, -0.1) is 0 Å². The van der Waals surface area contributed by atoms with E-state index >= 15 is 0 Å². The Kier molecular flexibility index (Phi) is 8.92. The van der Waals surface area contributed by atoms with Crippen molar-refractivity contribution < 1.29 is 8.42 Å². The Balaban J connectivity index is 1.99. The first-order chi connectivity index (χ1) is 13.8. The number of sulfonamides is 1. The molecule has 1 aliphatic heterocycles. The first-order valence-corrected chi connectivity index (χ1v) is 12.2. The van der Waals surface area contributed by atoms with Gasteiger partial charge in [0.15, 0.2) is 5.96 Å². The van der Waals surface area contributed by atoms with E-state index in [9.17, 15) is 8.42 Å². The minimum atomic E-state index is -3.28. The van der Waals surface area contributed by atoms with Gasteiger partial charge in [0, 0.05) is 18.6 Å². The molecule has 0 saturated carbocycles. The van der Waals surface area contributed by atoms with Crippen LogP contribution in [0.3, 0.4) is 0 Å². The number of benzene rings is 1. The highest BCUT2D eigenvalue weighted by atomic mass is 32.2. The second-order valence-corrected chi connectivity index (χ2v) is 10.1. The van der Waals surface area contributed by atoms with Crippen LogP contribution in [0.1, 0.15) is 51.2 Å². The van der Waals surface area contributed by atoms with Crippen LogP contribution in [-0.2, 0) is 22.3 Å². The van der Waals surface area contributed by atoms with E-state index in [1.54, 1.807) is 0 Å². The van der Waals surface area contributed by atoms with Crippen LogP contribution in [0, 0.1) is 0 Å². The van der Waals surface area contributed by atoms with Gasteiger partial charge in [-0.05, 0) is 64.9 Å². The Morgan fingerprint density at radius 2 is 1.83 bits per heavy atom. The Labute approximate surface area is 176 Å². The highest BCUT2D eigenvalue weighted by molar-refractivity contribution is 7.88. The Morgan fingerprint density at radius 3 is 2.48 bits per heavy atom. The molecule has 0 atom stereocenters. The molecule has 0 radical (unpaired) electrons. The van der Waals surface area contributed by atoms with E-state index in [4.69, 9.17) is 4.99 Å². The third-order valence-corrected chi connectivity index (χ3v) is 6.66. The molecule has 0 aliphatic carbocycles. The molecule has 0 amide bonds. The van der Waals surface area contributed by atoms with Gasteiger partial charge < -0.3 is 10.6 Å². The minimum Gasteiger partial charge on any atom is -0.357 e. The van der Waals surface area contributed by atoms with Gasteiger partial charge in [-0.25, -0.2) is 18.1 Å². The van der Waals surface area contributed by atoms with E-state index in [0.29, 0.717) is 6.54 Å². The lowest BCUT2D eigenvalue weighted by molar-refractivity contribution is 0.0982. The maximum atomic E-state index is 11.8. The fourth-order valence-corrected chi connectivity index (χ4v) is 4.30. The standard InChI is InChI=1S/C21H37N5O2S/c1-5-23-20(25-17-21(2,3)26-12-7-6-8-13-26)24-15-18-10-9-11-19(14-18)16-29(27,28)22-4/h9-11,14,22H,5-8,12-13,15-17H2,1-4H3,(H2,23,24,25). The summed E-state index contributed by atoms with van der Waals surface area (Å²) in [4.78, 5) is 7.25. The van der Waals surface area contributed by atoms with Crippen LogP contribution < -0.4 is 15.4 Å². The Bertz CT molecular complexity index is 771. The Hall–Kier alpha value is -1.64. The van der Waals surface area contributed by atoms with Gasteiger partial charge in [0.05, 0.1) is 12.3 Å². The SMILES string of the molecule is CCNC(=NCc1cccc(CS(=O)(=O)NC)c1)NCC(C)(C)N1CCCCC1. The van der Waals surface area contributed by atoms with E-state index in [1.165, 1.54) is 26.3 Å². The first-order valence-electron chi connectivity index (χ1n) is 10.5. The lowest BCUT2D eigenvalue weighted by Gasteiger charge is -2.41. The van der Waals surface area contributed by atoms with E-state index in [1.807, 2.05) is 24.3 Å². The molecular weight excluding hydrogens is 386 g/mol. The zero-order valence-corrected chi connectivity index (χ0v) is 19.1. The van der Waals surface area contributed by atoms with E-state index in [0.717, 1.165) is 43.3 Å². The number of rotatable bonds is 9. The van der Waals surface area contributed by atoms with Crippen LogP contribution in [0.15, 0.2) is 29.3 Å². The highest BCUT2D eigenvalue weighted by Crippen LogP contribution is 2.19. The molecule has 29 heavy (non-hydrogen) atoms. The van der Waals surface area contributed by atoms with Crippen molar-refractivity contribution in [1.82, 2.24) is 20.3 Å². The smallest absolute Gasteiger partial charge is 0.215 e. The molecule has 1 aromatic rings. The molecule has 0 unspecified atom stereocenters. The van der Waals surface area contributed by atoms with Crippen LogP contribution >= 0.6 is 0 Å². The Morgan fingerprint density at radius 1 is 1.14 bits per heavy atom. The van der Waals surface area contributed by atoms with Gasteiger partial charge in [-0.3, -0.25) is 4.90 Å². The molecule has 7 nitrogen and oxygen atoms in total. The van der Waals surface area contributed by atoms with Crippen molar-refractivity contribution in [3.63, 3.8) is 0 Å². The predicted molar refractivity (Wildman–Crippen MR) is 120 cm³/mol. The van der Waals surface area contributed by atoms with Crippen LogP contribution in [0.2, 0.25) is 0 Å². The molecular formula is C21H37N5O2S. The van der Waals surface area contributed by atoms with Crippen molar-refractivity contribution in [2.24, 2.45) is 4.99 Å². The zero-order valence-electron chi connectivity index (χ0n) is 18.3. The van der Waals surface area contributed by atoms with E-state index in [2.05, 4.69) is 41.0 Å². The van der Waals surface area contributed by atoms with Crippen LogP contribution in [0.4, 0.5) is 0 Å². The first kappa shape index (κ1) is 23.6. The minimum absolute atomic E-state index is 0.0244. The third-order valence-electron chi connectivity index (χ3n) is 5.32. The van der Waals surface area contributed by atoms with Crippen LogP contribution in [0.5, 0.6) is 0 Å². The van der Waals surface area contributed by atoms with Crippen molar-refractivity contribution in [2.75, 3.05) is 33.2 Å². The molecule has 3 N–H and O–H groups in total. The molecule has 164 valence electrons. The number of likely N-dealkylation sites (tertiary alicyclic amines) is 1. The molecule has 1 aromatic carbocycles. The van der Waals surface area contributed by atoms with Gasteiger partial charge in [0.2, 0.25) is 10.0 Å². The molecule has 1 aliphatic rings. The fraction of sp³-hybridized carbons (Fsp3) is 0.667. The van der Waals surface area contributed by atoms with Gasteiger partial charge in [-0.1, -0.05) is 30.7 Å². The molecule has 1 saturated heterocycles. The van der Waals surface area contributed by atoms with Crippen LogP contribution in [-0.4, -0.2) is 58.0 Å². The highest BCUT2D eigenvalue weighted by Gasteiger charge is 2.27. The third kappa shape index (κ3) is 7.95. The number of hydrogen-bond donors (Lipinski definition) is 3. The van der Waals surface area contributed by atoms with Crippen LogP contribution in [0.25, 0.3) is 0 Å². The average Bonchev–Trinajstić information content (AvgIpc) is 2.71. The number of piperidine rings is 1. The molecule has 1 fully saturated rings. The normalized spacial score (nSPS) is 16.6. The predicted octanol–water partition coefficient (Wildman–Crippen LogP) is 2.06. The van der Waals surface area contributed by atoms with Crippen molar-refractivity contribution >= 4 is 16.0 Å². The van der Waals surface area contributed by atoms with Gasteiger partial charge >= 0.3 is 0 Å². The summed E-state index contributed by atoms with van der Waals surface area (Å²) in [6.07, 6.45) is 3.88. The van der Waals surface area contributed by atoms with Crippen molar-refractivity contribution in [3.05, 3.63) is 35.4 Å². The average molecular weight is 424 g/mol. The fourth-order valence-electron chi connectivity index (χ4n) is 3.53. The molecule has 0 aromatic heterocycles. The lowest BCUT2D eigenvalue weighted by Crippen LogP contribution is -2.54. The number of hydrogen-bond acceptors (Lipinski definition) is 4. The summed E-state index contributed by atoms with van der Waals surface area (Å²) >= 11 is 0. The number of nitrogens with zero attached hydrogens (tertiary/aromatic N) is 2. The molecule has 2 rings (SSSR count). The molecule has 8 heteroatoms. The summed E-state index contributed by atoms with van der Waals surface area (Å²) in [7, 11) is -1.85. The summed E-state index contributed by atoms with van der Waals surface area (Å²) in [5.74, 6) is 0.759. The number of aliphatic imine (C=N–C) groups is 1. The molecule has 0 bridgehead atoms. The topological polar surface area (TPSA) is 85.8 Å². The maximum Gasteiger partial charge on any atom is 0.215 e. The molecule has 0 spiro atoms.